The van der Waals surface area contributed by atoms with Crippen LogP contribution in [0.2, 0.25) is 0 Å². The van der Waals surface area contributed by atoms with Crippen LogP contribution in [0.5, 0.6) is 17.2 Å². The van der Waals surface area contributed by atoms with Crippen molar-refractivity contribution in [1.82, 2.24) is 10.7 Å². The lowest BCUT2D eigenvalue weighted by atomic mass is 10.1. The third kappa shape index (κ3) is 7.42. The zero-order valence-corrected chi connectivity index (χ0v) is 18.4. The van der Waals surface area contributed by atoms with Gasteiger partial charge >= 0.3 is 0 Å². The fourth-order valence-corrected chi connectivity index (χ4v) is 2.84. The summed E-state index contributed by atoms with van der Waals surface area (Å²) >= 11 is 0. The monoisotopic (exact) mass is 451 g/mol. The Balaban J connectivity index is 1.41. The number of ether oxygens (including phenoxy) is 3. The minimum Gasteiger partial charge on any atom is -0.493 e. The Morgan fingerprint density at radius 1 is 1.00 bits per heavy atom. The molecule has 0 aliphatic heterocycles. The molecule has 0 unspecified atom stereocenters. The van der Waals surface area contributed by atoms with E-state index in [0.717, 1.165) is 11.1 Å². The predicted octanol–water partition coefficient (Wildman–Crippen LogP) is 2.68. The number of hydrogen-bond donors (Lipinski definition) is 2. The maximum atomic E-state index is 12.1. The Labute approximate surface area is 191 Å². The number of rotatable bonds is 11. The number of nitrogens with zero attached hydrogens (tertiary/aromatic N) is 1. The molecule has 9 nitrogen and oxygen atoms in total. The maximum Gasteiger partial charge on any atom is 0.258 e. The van der Waals surface area contributed by atoms with Crippen molar-refractivity contribution < 1.29 is 28.2 Å². The van der Waals surface area contributed by atoms with Crippen LogP contribution in [0.4, 0.5) is 0 Å². The molecule has 9 heteroatoms. The van der Waals surface area contributed by atoms with Crippen LogP contribution in [-0.2, 0) is 22.6 Å². The molecule has 33 heavy (non-hydrogen) atoms. The molecule has 2 amide bonds. The quantitative estimate of drug-likeness (QED) is 0.343. The van der Waals surface area contributed by atoms with Crippen molar-refractivity contribution in [3.05, 3.63) is 77.7 Å². The standard InChI is InChI=1S/C24H25N3O6/c1-30-21-10-7-18(12-22(21)31-2)13-23(28)27-26-14-17-5-8-19(9-6-17)33-16-24(29)25-15-20-4-3-11-32-20/h3-12,14H,13,15-16H2,1-2H3,(H,25,29)(H,27,28)/b26-14+. The largest absolute Gasteiger partial charge is 0.493 e. The molecular weight excluding hydrogens is 426 g/mol. The Bertz CT molecular complexity index is 1080. The summed E-state index contributed by atoms with van der Waals surface area (Å²) in [6.07, 6.45) is 3.21. The lowest BCUT2D eigenvalue weighted by Gasteiger charge is -2.09. The zero-order valence-electron chi connectivity index (χ0n) is 18.4. The van der Waals surface area contributed by atoms with Crippen molar-refractivity contribution in [2.24, 2.45) is 5.10 Å². The fourth-order valence-electron chi connectivity index (χ4n) is 2.84. The molecule has 0 aliphatic carbocycles. The average molecular weight is 451 g/mol. The van der Waals surface area contributed by atoms with Gasteiger partial charge in [0, 0.05) is 0 Å². The van der Waals surface area contributed by atoms with E-state index >= 15 is 0 Å². The van der Waals surface area contributed by atoms with Gasteiger partial charge in [-0.2, -0.15) is 5.10 Å². The molecule has 2 aromatic carbocycles. The number of carbonyl (C=O) groups is 2. The highest BCUT2D eigenvalue weighted by Crippen LogP contribution is 2.27. The summed E-state index contributed by atoms with van der Waals surface area (Å²) < 4.78 is 21.0. The molecule has 0 spiro atoms. The van der Waals surface area contributed by atoms with E-state index in [1.807, 2.05) is 0 Å². The van der Waals surface area contributed by atoms with Crippen molar-refractivity contribution in [3.8, 4) is 17.2 Å². The molecule has 2 N–H and O–H groups in total. The maximum absolute atomic E-state index is 12.1. The number of carbonyl (C=O) groups excluding carboxylic acids is 2. The third-order valence-electron chi connectivity index (χ3n) is 4.51. The highest BCUT2D eigenvalue weighted by atomic mass is 16.5. The first-order valence-corrected chi connectivity index (χ1v) is 10.1. The van der Waals surface area contributed by atoms with E-state index in [1.54, 1.807) is 75.1 Å². The summed E-state index contributed by atoms with van der Waals surface area (Å²) in [5.74, 6) is 1.85. The van der Waals surface area contributed by atoms with E-state index in [-0.39, 0.29) is 24.8 Å². The minimum atomic E-state index is -0.265. The van der Waals surface area contributed by atoms with Crippen LogP contribution in [-0.4, -0.2) is 38.9 Å². The fraction of sp³-hybridized carbons (Fsp3) is 0.208. The number of amides is 2. The number of hydrazone groups is 1. The van der Waals surface area contributed by atoms with Crippen molar-refractivity contribution in [1.29, 1.82) is 0 Å². The van der Waals surface area contributed by atoms with Crippen molar-refractivity contribution in [2.45, 2.75) is 13.0 Å². The molecule has 0 atom stereocenters. The normalized spacial score (nSPS) is 10.6. The van der Waals surface area contributed by atoms with Gasteiger partial charge in [-0.3, -0.25) is 9.59 Å². The molecule has 1 aromatic heterocycles. The second kappa shape index (κ2) is 11.9. The van der Waals surface area contributed by atoms with Crippen molar-refractivity contribution >= 4 is 18.0 Å². The molecule has 0 radical (unpaired) electrons. The number of nitrogens with one attached hydrogen (secondary N) is 2. The van der Waals surface area contributed by atoms with Gasteiger partial charge in [-0.25, -0.2) is 5.43 Å². The molecule has 172 valence electrons. The van der Waals surface area contributed by atoms with E-state index in [0.29, 0.717) is 29.6 Å². The molecule has 0 aliphatic rings. The van der Waals surface area contributed by atoms with Crippen molar-refractivity contribution in [3.63, 3.8) is 0 Å². The van der Waals surface area contributed by atoms with Crippen LogP contribution in [0.1, 0.15) is 16.9 Å². The van der Waals surface area contributed by atoms with E-state index in [1.165, 1.54) is 6.21 Å². The molecule has 1 heterocycles. The predicted molar refractivity (Wildman–Crippen MR) is 121 cm³/mol. The summed E-state index contributed by atoms with van der Waals surface area (Å²) in [5.41, 5.74) is 4.03. The highest BCUT2D eigenvalue weighted by Gasteiger charge is 2.08. The lowest BCUT2D eigenvalue weighted by molar-refractivity contribution is -0.123. The first-order valence-electron chi connectivity index (χ1n) is 10.1. The SMILES string of the molecule is COc1ccc(CC(=O)N/N=C/c2ccc(OCC(=O)NCc3ccco3)cc2)cc1OC. The highest BCUT2D eigenvalue weighted by molar-refractivity contribution is 5.83. The minimum absolute atomic E-state index is 0.111. The van der Waals surface area contributed by atoms with E-state index < -0.39 is 0 Å². The second-order valence-electron chi connectivity index (χ2n) is 6.87. The van der Waals surface area contributed by atoms with Crippen LogP contribution < -0.4 is 25.0 Å². The van der Waals surface area contributed by atoms with Gasteiger partial charge in [0.05, 0.1) is 39.7 Å². The van der Waals surface area contributed by atoms with Gasteiger partial charge in [-0.05, 0) is 59.7 Å². The molecule has 3 rings (SSSR count). The third-order valence-corrected chi connectivity index (χ3v) is 4.51. The molecular formula is C24H25N3O6. The van der Waals surface area contributed by atoms with Crippen LogP contribution >= 0.6 is 0 Å². The molecule has 0 saturated carbocycles. The lowest BCUT2D eigenvalue weighted by Crippen LogP contribution is -2.28. The van der Waals surface area contributed by atoms with Crippen molar-refractivity contribution in [2.75, 3.05) is 20.8 Å². The van der Waals surface area contributed by atoms with Crippen LogP contribution in [0.25, 0.3) is 0 Å². The second-order valence-corrected chi connectivity index (χ2v) is 6.87. The van der Waals surface area contributed by atoms with Gasteiger partial charge in [0.15, 0.2) is 18.1 Å². The van der Waals surface area contributed by atoms with Gasteiger partial charge in [0.2, 0.25) is 5.91 Å². The van der Waals surface area contributed by atoms with Gasteiger partial charge in [-0.15, -0.1) is 0 Å². The van der Waals surface area contributed by atoms with Crippen LogP contribution in [0.15, 0.2) is 70.4 Å². The van der Waals surface area contributed by atoms with E-state index in [9.17, 15) is 9.59 Å². The van der Waals surface area contributed by atoms with E-state index in [2.05, 4.69) is 15.8 Å². The molecule has 3 aromatic rings. The number of methoxy groups -OCH3 is 2. The van der Waals surface area contributed by atoms with Crippen LogP contribution in [0, 0.1) is 0 Å². The van der Waals surface area contributed by atoms with E-state index in [4.69, 9.17) is 18.6 Å². The Morgan fingerprint density at radius 2 is 1.79 bits per heavy atom. The summed E-state index contributed by atoms with van der Waals surface area (Å²) in [6, 6.07) is 15.8. The Kier molecular flexibility index (Phi) is 8.47. The van der Waals surface area contributed by atoms with Gasteiger partial charge < -0.3 is 23.9 Å². The van der Waals surface area contributed by atoms with Gasteiger partial charge in [-0.1, -0.05) is 6.07 Å². The summed E-state index contributed by atoms with van der Waals surface area (Å²) in [7, 11) is 3.10. The molecule has 0 bridgehead atoms. The Morgan fingerprint density at radius 3 is 2.48 bits per heavy atom. The zero-order chi connectivity index (χ0) is 23.5. The number of benzene rings is 2. The van der Waals surface area contributed by atoms with Gasteiger partial charge in [0.25, 0.3) is 5.91 Å². The number of hydrogen-bond acceptors (Lipinski definition) is 7. The molecule has 0 fully saturated rings. The summed E-state index contributed by atoms with van der Waals surface area (Å²) in [4.78, 5) is 24.0. The first-order chi connectivity index (χ1) is 16.1. The topological polar surface area (TPSA) is 111 Å². The van der Waals surface area contributed by atoms with Gasteiger partial charge in [0.1, 0.15) is 11.5 Å². The molecule has 0 saturated heterocycles. The average Bonchev–Trinajstić information content (AvgIpc) is 3.36. The van der Waals surface area contributed by atoms with Crippen LogP contribution in [0.3, 0.4) is 0 Å². The first kappa shape index (κ1) is 23.4. The smallest absolute Gasteiger partial charge is 0.258 e. The summed E-state index contributed by atoms with van der Waals surface area (Å²) in [5, 5.41) is 6.67. The Hall–Kier alpha value is -4.27. The summed E-state index contributed by atoms with van der Waals surface area (Å²) in [6.45, 7) is 0.197. The number of furan rings is 1.